The van der Waals surface area contributed by atoms with E-state index in [2.05, 4.69) is 35.8 Å². The molecule has 4 heteroatoms. The lowest BCUT2D eigenvalue weighted by molar-refractivity contribution is 0.354. The number of rotatable bonds is 3. The Labute approximate surface area is 152 Å². The molecule has 0 spiro atoms. The Bertz CT molecular complexity index is 959. The summed E-state index contributed by atoms with van der Waals surface area (Å²) in [6.07, 6.45) is 0.979. The zero-order chi connectivity index (χ0) is 17.6. The second kappa shape index (κ2) is 6.16. The van der Waals surface area contributed by atoms with Gasteiger partial charge < -0.3 is 14.0 Å². The van der Waals surface area contributed by atoms with Gasteiger partial charge in [0.1, 0.15) is 0 Å². The van der Waals surface area contributed by atoms with Crippen LogP contribution in [0.15, 0.2) is 42.5 Å². The van der Waals surface area contributed by atoms with Gasteiger partial charge in [-0.2, -0.15) is 0 Å². The lowest BCUT2D eigenvalue weighted by Crippen LogP contribution is -2.12. The summed E-state index contributed by atoms with van der Waals surface area (Å²) in [4.78, 5) is 0. The molecule has 0 radical (unpaired) electrons. The number of hydrogen-bond donors (Lipinski definition) is 0. The number of halogens is 1. The Morgan fingerprint density at radius 2 is 1.72 bits per heavy atom. The number of aromatic nitrogens is 1. The first kappa shape index (κ1) is 16.1. The molecule has 1 aliphatic rings. The van der Waals surface area contributed by atoms with Gasteiger partial charge >= 0.3 is 0 Å². The fraction of sp³-hybridized carbons (Fsp3) is 0.238. The molecule has 2 heterocycles. The number of methoxy groups -OCH3 is 2. The smallest absolute Gasteiger partial charge is 0.161 e. The summed E-state index contributed by atoms with van der Waals surface area (Å²) in [5, 5.41) is 0.757. The van der Waals surface area contributed by atoms with Gasteiger partial charge in [-0.1, -0.05) is 23.7 Å². The molecule has 0 amide bonds. The van der Waals surface area contributed by atoms with Crippen LogP contribution in [0, 0.1) is 6.92 Å². The maximum atomic E-state index is 6.19. The molecular weight excluding hydrogens is 334 g/mol. The summed E-state index contributed by atoms with van der Waals surface area (Å²) in [6, 6.07) is 14.5. The monoisotopic (exact) mass is 353 g/mol. The molecule has 4 rings (SSSR count). The van der Waals surface area contributed by atoms with Crippen LogP contribution >= 0.6 is 11.6 Å². The van der Waals surface area contributed by atoms with Crippen molar-refractivity contribution in [3.05, 3.63) is 58.7 Å². The Balaban J connectivity index is 1.90. The second-order valence-electron chi connectivity index (χ2n) is 6.30. The van der Waals surface area contributed by atoms with Gasteiger partial charge in [0.25, 0.3) is 0 Å². The van der Waals surface area contributed by atoms with Crippen molar-refractivity contribution >= 4 is 11.6 Å². The third-order valence-electron chi connectivity index (χ3n) is 4.99. The van der Waals surface area contributed by atoms with Crippen LogP contribution in [0.3, 0.4) is 0 Å². The van der Waals surface area contributed by atoms with Crippen molar-refractivity contribution in [2.45, 2.75) is 19.9 Å². The van der Waals surface area contributed by atoms with E-state index in [0.717, 1.165) is 35.1 Å². The van der Waals surface area contributed by atoms with Gasteiger partial charge in [0, 0.05) is 34.1 Å². The van der Waals surface area contributed by atoms with Crippen LogP contribution in [0.5, 0.6) is 11.5 Å². The maximum absolute atomic E-state index is 6.19. The van der Waals surface area contributed by atoms with Crippen molar-refractivity contribution in [1.82, 2.24) is 4.57 Å². The molecule has 0 saturated heterocycles. The minimum atomic E-state index is 0.757. The van der Waals surface area contributed by atoms with E-state index in [4.69, 9.17) is 21.1 Å². The highest BCUT2D eigenvalue weighted by molar-refractivity contribution is 6.30. The van der Waals surface area contributed by atoms with Gasteiger partial charge in [0.15, 0.2) is 11.5 Å². The predicted octanol–water partition coefficient (Wildman–Crippen LogP) is 5.36. The molecule has 3 nitrogen and oxygen atoms in total. The number of hydrogen-bond acceptors (Lipinski definition) is 2. The molecule has 1 aromatic heterocycles. The molecule has 128 valence electrons. The van der Waals surface area contributed by atoms with Crippen molar-refractivity contribution < 1.29 is 9.47 Å². The Hall–Kier alpha value is -2.39. The van der Waals surface area contributed by atoms with Crippen LogP contribution in [-0.2, 0) is 13.0 Å². The quantitative estimate of drug-likeness (QED) is 0.633. The van der Waals surface area contributed by atoms with Gasteiger partial charge in [0.05, 0.1) is 14.2 Å². The third-order valence-corrected chi connectivity index (χ3v) is 5.23. The average Bonchev–Trinajstić information content (AvgIpc) is 2.97. The first-order valence-corrected chi connectivity index (χ1v) is 8.71. The molecule has 0 atom stereocenters. The molecule has 0 fully saturated rings. The average molecular weight is 354 g/mol. The van der Waals surface area contributed by atoms with E-state index >= 15 is 0 Å². The van der Waals surface area contributed by atoms with Crippen molar-refractivity contribution in [3.63, 3.8) is 0 Å². The fourth-order valence-corrected chi connectivity index (χ4v) is 3.89. The molecule has 2 aromatic carbocycles. The second-order valence-corrected chi connectivity index (χ2v) is 6.74. The van der Waals surface area contributed by atoms with Crippen LogP contribution in [0.4, 0.5) is 0 Å². The van der Waals surface area contributed by atoms with Gasteiger partial charge in [-0.3, -0.25) is 0 Å². The normalized spacial score (nSPS) is 12.5. The standard InChI is InChI=1S/C21H20ClNO2/c1-13-17(14-5-4-6-16(22)9-14)11-19-18-12-21(25-3)20(24-2)10-15(18)7-8-23(13)19/h4-6,9-12H,7-8H2,1-3H3. The van der Waals surface area contributed by atoms with Crippen molar-refractivity contribution in [2.75, 3.05) is 14.2 Å². The summed E-state index contributed by atoms with van der Waals surface area (Å²) in [5.74, 6) is 1.55. The van der Waals surface area contributed by atoms with Crippen molar-refractivity contribution in [2.24, 2.45) is 0 Å². The van der Waals surface area contributed by atoms with E-state index < -0.39 is 0 Å². The molecule has 25 heavy (non-hydrogen) atoms. The highest BCUT2D eigenvalue weighted by Gasteiger charge is 2.23. The summed E-state index contributed by atoms with van der Waals surface area (Å²) in [7, 11) is 3.35. The van der Waals surface area contributed by atoms with Crippen LogP contribution in [-0.4, -0.2) is 18.8 Å². The molecule has 1 aliphatic heterocycles. The minimum Gasteiger partial charge on any atom is -0.493 e. The van der Waals surface area contributed by atoms with E-state index in [9.17, 15) is 0 Å². The van der Waals surface area contributed by atoms with E-state index in [0.29, 0.717) is 0 Å². The molecule has 0 unspecified atom stereocenters. The van der Waals surface area contributed by atoms with Gasteiger partial charge in [0.2, 0.25) is 0 Å². The topological polar surface area (TPSA) is 23.4 Å². The fourth-order valence-electron chi connectivity index (χ4n) is 3.70. The summed E-state index contributed by atoms with van der Waals surface area (Å²) >= 11 is 6.19. The van der Waals surface area contributed by atoms with Gasteiger partial charge in [-0.15, -0.1) is 0 Å². The Kier molecular flexibility index (Phi) is 3.97. The first-order valence-electron chi connectivity index (χ1n) is 8.33. The maximum Gasteiger partial charge on any atom is 0.161 e. The first-order chi connectivity index (χ1) is 12.1. The summed E-state index contributed by atoms with van der Waals surface area (Å²) in [6.45, 7) is 3.13. The zero-order valence-corrected chi connectivity index (χ0v) is 15.4. The van der Waals surface area contributed by atoms with Crippen LogP contribution in [0.1, 0.15) is 11.3 Å². The molecule has 0 bridgehead atoms. The lowest BCUT2D eigenvalue weighted by Gasteiger charge is -2.22. The van der Waals surface area contributed by atoms with Crippen molar-refractivity contribution in [1.29, 1.82) is 0 Å². The van der Waals surface area contributed by atoms with E-state index in [1.165, 1.54) is 28.1 Å². The SMILES string of the molecule is COc1cc2c(cc1OC)-c1cc(-c3cccc(Cl)c3)c(C)n1CC2. The minimum absolute atomic E-state index is 0.757. The molecule has 0 N–H and O–H groups in total. The van der Waals surface area contributed by atoms with E-state index in [1.54, 1.807) is 14.2 Å². The zero-order valence-electron chi connectivity index (χ0n) is 14.6. The van der Waals surface area contributed by atoms with Crippen LogP contribution in [0.2, 0.25) is 5.02 Å². The molecule has 3 aromatic rings. The highest BCUT2D eigenvalue weighted by Crippen LogP contribution is 2.42. The highest BCUT2D eigenvalue weighted by atomic mass is 35.5. The predicted molar refractivity (Wildman–Crippen MR) is 102 cm³/mol. The molecule has 0 saturated carbocycles. The number of aryl methyl sites for hydroxylation is 1. The van der Waals surface area contributed by atoms with Crippen LogP contribution in [0.25, 0.3) is 22.4 Å². The summed E-state index contributed by atoms with van der Waals surface area (Å²) < 4.78 is 13.3. The van der Waals surface area contributed by atoms with E-state index in [-0.39, 0.29) is 0 Å². The molecular formula is C21H20ClNO2. The van der Waals surface area contributed by atoms with Crippen LogP contribution < -0.4 is 9.47 Å². The largest absolute Gasteiger partial charge is 0.493 e. The Morgan fingerprint density at radius 1 is 0.960 bits per heavy atom. The summed E-state index contributed by atoms with van der Waals surface area (Å²) in [5.41, 5.74) is 7.35. The van der Waals surface area contributed by atoms with E-state index in [1.807, 2.05) is 18.2 Å². The molecule has 0 aliphatic carbocycles. The Morgan fingerprint density at radius 3 is 2.44 bits per heavy atom. The number of nitrogens with zero attached hydrogens (tertiary/aromatic N) is 1. The third kappa shape index (κ3) is 2.59. The number of benzene rings is 2. The number of ether oxygens (including phenoxy) is 2. The lowest BCUT2D eigenvalue weighted by atomic mass is 9.97. The van der Waals surface area contributed by atoms with Gasteiger partial charge in [-0.25, -0.2) is 0 Å². The number of fused-ring (bicyclic) bond motifs is 3. The van der Waals surface area contributed by atoms with Gasteiger partial charge in [-0.05, 0) is 54.8 Å². The van der Waals surface area contributed by atoms with Crippen molar-refractivity contribution in [3.8, 4) is 33.9 Å².